The molecule has 1 amide bonds. The van der Waals surface area contributed by atoms with E-state index in [1.54, 1.807) is 25.1 Å². The van der Waals surface area contributed by atoms with E-state index in [2.05, 4.69) is 5.32 Å². The third kappa shape index (κ3) is 5.11. The zero-order valence-corrected chi connectivity index (χ0v) is 16.3. The Balaban J connectivity index is 2.30. The maximum atomic E-state index is 12.4. The zero-order chi connectivity index (χ0) is 18.8. The number of benzene rings is 2. The molecule has 2 aromatic carbocycles. The SMILES string of the molecule is Cc1ccc(C)c(N(CC(=O)Nc2cc(Cl)ccc2Cl)S(C)(=O)=O)c1. The second-order valence-electron chi connectivity index (χ2n) is 5.73. The first kappa shape index (κ1) is 19.6. The minimum atomic E-state index is -3.65. The van der Waals surface area contributed by atoms with Gasteiger partial charge in [0.05, 0.1) is 22.7 Å². The Morgan fingerprint density at radius 2 is 1.80 bits per heavy atom. The normalized spacial score (nSPS) is 11.2. The molecule has 0 fully saturated rings. The predicted molar refractivity (Wildman–Crippen MR) is 103 cm³/mol. The van der Waals surface area contributed by atoms with Gasteiger partial charge >= 0.3 is 0 Å². The fourth-order valence-corrected chi connectivity index (χ4v) is 3.53. The first-order chi connectivity index (χ1) is 11.6. The van der Waals surface area contributed by atoms with Gasteiger partial charge in [-0.3, -0.25) is 9.10 Å². The molecule has 0 bridgehead atoms. The maximum absolute atomic E-state index is 12.4. The van der Waals surface area contributed by atoms with Gasteiger partial charge in [-0.15, -0.1) is 0 Å². The van der Waals surface area contributed by atoms with Crippen LogP contribution in [-0.4, -0.2) is 27.1 Å². The van der Waals surface area contributed by atoms with Gasteiger partial charge in [0.1, 0.15) is 6.54 Å². The summed E-state index contributed by atoms with van der Waals surface area (Å²) in [5.41, 5.74) is 2.44. The number of halogens is 2. The molecule has 0 aliphatic rings. The molecule has 0 saturated carbocycles. The highest BCUT2D eigenvalue weighted by Gasteiger charge is 2.23. The van der Waals surface area contributed by atoms with Crippen molar-refractivity contribution in [2.24, 2.45) is 0 Å². The summed E-state index contributed by atoms with van der Waals surface area (Å²) >= 11 is 11.9. The average molecular weight is 401 g/mol. The van der Waals surface area contributed by atoms with E-state index in [9.17, 15) is 13.2 Å². The number of sulfonamides is 1. The highest BCUT2D eigenvalue weighted by Crippen LogP contribution is 2.27. The minimum absolute atomic E-state index is 0.315. The van der Waals surface area contributed by atoms with Crippen molar-refractivity contribution in [3.05, 3.63) is 57.6 Å². The van der Waals surface area contributed by atoms with Gasteiger partial charge in [-0.2, -0.15) is 0 Å². The van der Waals surface area contributed by atoms with Gasteiger partial charge in [0.15, 0.2) is 0 Å². The molecular formula is C17H18Cl2N2O3S. The molecule has 5 nitrogen and oxygen atoms in total. The van der Waals surface area contributed by atoms with Gasteiger partial charge in [0.25, 0.3) is 0 Å². The summed E-state index contributed by atoms with van der Waals surface area (Å²) in [4.78, 5) is 12.4. The molecule has 0 heterocycles. The van der Waals surface area contributed by atoms with E-state index in [-0.39, 0.29) is 6.54 Å². The fourth-order valence-electron chi connectivity index (χ4n) is 2.28. The second kappa shape index (κ2) is 7.64. The topological polar surface area (TPSA) is 66.5 Å². The summed E-state index contributed by atoms with van der Waals surface area (Å²) in [6.07, 6.45) is 1.06. The molecule has 0 aliphatic carbocycles. The van der Waals surface area contributed by atoms with Crippen LogP contribution in [0.15, 0.2) is 36.4 Å². The van der Waals surface area contributed by atoms with E-state index in [0.29, 0.717) is 21.4 Å². The van der Waals surface area contributed by atoms with Crippen LogP contribution in [0.25, 0.3) is 0 Å². The number of carbonyl (C=O) groups is 1. The number of carbonyl (C=O) groups excluding carboxylic acids is 1. The summed E-state index contributed by atoms with van der Waals surface area (Å²) < 4.78 is 25.5. The fraction of sp³-hybridized carbons (Fsp3) is 0.235. The van der Waals surface area contributed by atoms with Gasteiger partial charge in [-0.05, 0) is 49.2 Å². The number of aryl methyl sites for hydroxylation is 2. The Morgan fingerprint density at radius 1 is 1.12 bits per heavy atom. The molecule has 25 heavy (non-hydrogen) atoms. The molecule has 2 aromatic rings. The van der Waals surface area contributed by atoms with Crippen molar-refractivity contribution < 1.29 is 13.2 Å². The molecular weight excluding hydrogens is 383 g/mol. The number of rotatable bonds is 5. The van der Waals surface area contributed by atoms with Gasteiger partial charge in [0.2, 0.25) is 15.9 Å². The smallest absolute Gasteiger partial charge is 0.245 e. The van der Waals surface area contributed by atoms with Gasteiger partial charge < -0.3 is 5.32 Å². The lowest BCUT2D eigenvalue weighted by Gasteiger charge is -2.24. The van der Waals surface area contributed by atoms with Crippen LogP contribution in [0.1, 0.15) is 11.1 Å². The number of nitrogens with one attached hydrogen (secondary N) is 1. The standard InChI is InChI=1S/C17H18Cl2N2O3S/c1-11-4-5-12(2)16(8-11)21(25(3,23)24)10-17(22)20-15-9-13(18)6-7-14(15)19/h4-9H,10H2,1-3H3,(H,20,22). The molecule has 134 valence electrons. The number of hydrogen-bond acceptors (Lipinski definition) is 3. The number of anilines is 2. The van der Waals surface area contributed by atoms with E-state index >= 15 is 0 Å². The summed E-state index contributed by atoms with van der Waals surface area (Å²) in [5, 5.41) is 3.32. The molecule has 0 aromatic heterocycles. The Kier molecular flexibility index (Phi) is 5.98. The van der Waals surface area contributed by atoms with Crippen molar-refractivity contribution in [1.82, 2.24) is 0 Å². The molecule has 8 heteroatoms. The van der Waals surface area contributed by atoms with Crippen LogP contribution in [0.2, 0.25) is 10.0 Å². The Morgan fingerprint density at radius 3 is 2.44 bits per heavy atom. The summed E-state index contributed by atoms with van der Waals surface area (Å²) in [6, 6.07) is 10.1. The van der Waals surface area contributed by atoms with Crippen LogP contribution >= 0.6 is 23.2 Å². The first-order valence-electron chi connectivity index (χ1n) is 7.38. The highest BCUT2D eigenvalue weighted by atomic mass is 35.5. The van der Waals surface area contributed by atoms with Crippen LogP contribution in [-0.2, 0) is 14.8 Å². The Hall–Kier alpha value is -1.76. The van der Waals surface area contributed by atoms with Gasteiger partial charge in [0, 0.05) is 5.02 Å². The summed E-state index contributed by atoms with van der Waals surface area (Å²) in [6.45, 7) is 3.28. The average Bonchev–Trinajstić information content (AvgIpc) is 2.50. The summed E-state index contributed by atoms with van der Waals surface area (Å²) in [7, 11) is -3.65. The summed E-state index contributed by atoms with van der Waals surface area (Å²) in [5.74, 6) is -0.518. The van der Waals surface area contributed by atoms with Crippen molar-refractivity contribution >= 4 is 50.5 Å². The molecule has 0 radical (unpaired) electrons. The number of hydrogen-bond donors (Lipinski definition) is 1. The third-order valence-electron chi connectivity index (χ3n) is 3.52. The lowest BCUT2D eigenvalue weighted by molar-refractivity contribution is -0.114. The van der Waals surface area contributed by atoms with Crippen molar-refractivity contribution in [3.8, 4) is 0 Å². The van der Waals surface area contributed by atoms with Crippen molar-refractivity contribution in [1.29, 1.82) is 0 Å². The van der Waals surface area contributed by atoms with E-state index in [1.807, 2.05) is 19.1 Å². The van der Waals surface area contributed by atoms with Gasteiger partial charge in [-0.1, -0.05) is 35.3 Å². The van der Waals surface area contributed by atoms with E-state index in [4.69, 9.17) is 23.2 Å². The Bertz CT molecular complexity index is 914. The zero-order valence-electron chi connectivity index (χ0n) is 14.0. The van der Waals surface area contributed by atoms with E-state index in [1.165, 1.54) is 6.07 Å². The Labute approximate surface area is 157 Å². The monoisotopic (exact) mass is 400 g/mol. The van der Waals surface area contributed by atoms with Crippen LogP contribution in [0.3, 0.4) is 0 Å². The number of amides is 1. The first-order valence-corrected chi connectivity index (χ1v) is 9.98. The van der Waals surface area contributed by atoms with Crippen molar-refractivity contribution in [3.63, 3.8) is 0 Å². The minimum Gasteiger partial charge on any atom is -0.323 e. The van der Waals surface area contributed by atoms with Crippen LogP contribution < -0.4 is 9.62 Å². The van der Waals surface area contributed by atoms with Gasteiger partial charge in [-0.25, -0.2) is 8.42 Å². The molecule has 0 unspecified atom stereocenters. The predicted octanol–water partition coefficient (Wildman–Crippen LogP) is 4.01. The lowest BCUT2D eigenvalue weighted by atomic mass is 10.1. The number of nitrogens with zero attached hydrogens (tertiary/aromatic N) is 1. The van der Waals surface area contributed by atoms with Crippen molar-refractivity contribution in [2.75, 3.05) is 22.4 Å². The lowest BCUT2D eigenvalue weighted by Crippen LogP contribution is -2.38. The van der Waals surface area contributed by atoms with Crippen LogP contribution in [0, 0.1) is 13.8 Å². The quantitative estimate of drug-likeness (QED) is 0.823. The van der Waals surface area contributed by atoms with E-state index < -0.39 is 15.9 Å². The van der Waals surface area contributed by atoms with Crippen LogP contribution in [0.5, 0.6) is 0 Å². The highest BCUT2D eigenvalue weighted by molar-refractivity contribution is 7.92. The second-order valence-corrected chi connectivity index (χ2v) is 8.48. The third-order valence-corrected chi connectivity index (χ3v) is 5.21. The maximum Gasteiger partial charge on any atom is 0.245 e. The molecule has 1 N–H and O–H groups in total. The van der Waals surface area contributed by atoms with Crippen LogP contribution in [0.4, 0.5) is 11.4 Å². The molecule has 0 aliphatic heterocycles. The molecule has 0 spiro atoms. The van der Waals surface area contributed by atoms with Crippen molar-refractivity contribution in [2.45, 2.75) is 13.8 Å². The van der Waals surface area contributed by atoms with E-state index in [0.717, 1.165) is 21.7 Å². The molecule has 2 rings (SSSR count). The molecule has 0 saturated heterocycles. The molecule has 0 atom stereocenters. The largest absolute Gasteiger partial charge is 0.323 e.